The Morgan fingerprint density at radius 3 is 2.31 bits per heavy atom. The summed E-state index contributed by atoms with van der Waals surface area (Å²) in [6.45, 7) is 17.4. The lowest BCUT2D eigenvalue weighted by Gasteiger charge is -2.39. The van der Waals surface area contributed by atoms with Gasteiger partial charge in [0.05, 0.1) is 31.6 Å². The van der Waals surface area contributed by atoms with E-state index in [1.807, 2.05) is 72.0 Å². The Bertz CT molecular complexity index is 1630. The first kappa shape index (κ1) is 39.7. The highest BCUT2D eigenvalue weighted by atomic mass is 79.9. The van der Waals surface area contributed by atoms with E-state index in [9.17, 15) is 9.59 Å². The van der Waals surface area contributed by atoms with Gasteiger partial charge in [0.25, 0.3) is 0 Å². The van der Waals surface area contributed by atoms with Gasteiger partial charge in [-0.3, -0.25) is 24.2 Å². The Kier molecular flexibility index (Phi) is 16.3. The lowest BCUT2D eigenvalue weighted by molar-refractivity contribution is -0.120. The second-order valence-electron chi connectivity index (χ2n) is 12.2. The molecule has 1 aliphatic carbocycles. The van der Waals surface area contributed by atoms with Crippen LogP contribution in [0.4, 0.5) is 0 Å². The number of allylic oxidation sites excluding steroid dienone is 3. The minimum atomic E-state index is 0.136. The van der Waals surface area contributed by atoms with E-state index in [0.717, 1.165) is 78.1 Å². The summed E-state index contributed by atoms with van der Waals surface area (Å²) in [7, 11) is 1.74. The van der Waals surface area contributed by atoms with E-state index in [2.05, 4.69) is 78.0 Å². The van der Waals surface area contributed by atoms with E-state index in [0.29, 0.717) is 36.4 Å². The standard InChI is InChI=1S/C21H23BrN4O.C11H15NO.C6H10O.C2H6/c1-3-15-6-4-8-19(21(15)27-2)16-10-23-26(11-16)18-13-25(14-18)12-17-7-5-9-20(22)24-17;1-4-10(13)11-9(3)7-8(2)5-6-12-11;1-2-6(7)5-3-4-5;1-2/h4-11,18H,3,12-14H2,1-2H3;5,7H,4,6H2,1-3H3;5H,2-4H2,1H3;1-2H3. The minimum Gasteiger partial charge on any atom is -0.496 e. The highest BCUT2D eigenvalue weighted by molar-refractivity contribution is 9.10. The number of carbonyl (C=O) groups is 2. The number of pyridine rings is 1. The van der Waals surface area contributed by atoms with Crippen LogP contribution in [0, 0.1) is 5.92 Å². The van der Waals surface area contributed by atoms with Gasteiger partial charge >= 0.3 is 0 Å². The number of para-hydroxylation sites is 1. The molecule has 49 heavy (non-hydrogen) atoms. The molecule has 0 atom stereocenters. The molecule has 0 bridgehead atoms. The number of hydrogen-bond acceptors (Lipinski definition) is 7. The fourth-order valence-electron chi connectivity index (χ4n) is 5.66. The molecule has 1 saturated carbocycles. The second-order valence-corrected chi connectivity index (χ2v) is 13.0. The summed E-state index contributed by atoms with van der Waals surface area (Å²) in [5.74, 6) is 2.03. The number of ether oxygens (including phenoxy) is 1. The monoisotopic (exact) mass is 731 g/mol. The van der Waals surface area contributed by atoms with Crippen LogP contribution in [0.3, 0.4) is 0 Å². The van der Waals surface area contributed by atoms with E-state index in [1.54, 1.807) is 7.11 Å². The van der Waals surface area contributed by atoms with E-state index in [4.69, 9.17) is 4.74 Å². The molecule has 264 valence electrons. The van der Waals surface area contributed by atoms with Crippen LogP contribution in [0.15, 0.2) is 81.7 Å². The average molecular weight is 733 g/mol. The maximum atomic E-state index is 11.4. The van der Waals surface area contributed by atoms with Crippen LogP contribution in [-0.2, 0) is 22.6 Å². The lowest BCUT2D eigenvalue weighted by atomic mass is 10.0. The van der Waals surface area contributed by atoms with Crippen LogP contribution in [0.5, 0.6) is 5.75 Å². The molecule has 8 nitrogen and oxygen atoms in total. The number of halogens is 1. The topological polar surface area (TPSA) is 89.7 Å². The molecule has 3 aliphatic rings. The first-order valence-electron chi connectivity index (χ1n) is 17.7. The molecule has 9 heteroatoms. The van der Waals surface area contributed by atoms with Gasteiger partial charge in [-0.15, -0.1) is 0 Å². The normalized spacial score (nSPS) is 15.7. The predicted octanol–water partition coefficient (Wildman–Crippen LogP) is 9.05. The second kappa shape index (κ2) is 20.1. The van der Waals surface area contributed by atoms with Gasteiger partial charge in [-0.05, 0) is 72.3 Å². The zero-order valence-electron chi connectivity index (χ0n) is 30.6. The Balaban J connectivity index is 0.000000244. The van der Waals surface area contributed by atoms with Crippen molar-refractivity contribution in [3.8, 4) is 16.9 Å². The molecule has 0 N–H and O–H groups in total. The fourth-order valence-corrected chi connectivity index (χ4v) is 6.04. The number of aryl methyl sites for hydroxylation is 1. The third kappa shape index (κ3) is 11.7. The summed E-state index contributed by atoms with van der Waals surface area (Å²) in [6, 6.07) is 12.8. The molecule has 0 spiro atoms. The molecule has 4 heterocycles. The number of carbonyl (C=O) groups excluding carboxylic acids is 2. The van der Waals surface area contributed by atoms with Gasteiger partial charge in [-0.2, -0.15) is 5.10 Å². The number of rotatable bonds is 10. The van der Waals surface area contributed by atoms with Crippen LogP contribution in [0.2, 0.25) is 0 Å². The first-order valence-corrected chi connectivity index (χ1v) is 18.5. The number of Topliss-reactive ketones (excluding diaryl/α,β-unsaturated/α-hetero) is 2. The number of likely N-dealkylation sites (tertiary alicyclic amines) is 1. The van der Waals surface area contributed by atoms with Gasteiger partial charge in [-0.25, -0.2) is 4.98 Å². The highest BCUT2D eigenvalue weighted by Crippen LogP contribution is 2.34. The lowest BCUT2D eigenvalue weighted by Crippen LogP contribution is -2.47. The molecule has 2 fully saturated rings. The van der Waals surface area contributed by atoms with Crippen molar-refractivity contribution in [1.29, 1.82) is 0 Å². The van der Waals surface area contributed by atoms with Crippen LogP contribution >= 0.6 is 15.9 Å². The summed E-state index contributed by atoms with van der Waals surface area (Å²) in [5.41, 5.74) is 7.34. The number of nitrogens with zero attached hydrogens (tertiary/aromatic N) is 5. The SMILES string of the molecule is CC.CCC(=O)C1=NCC=C(C)C=C1C.CCC(=O)C1CC1.CCc1cccc(-c2cnn(C3CN(Cc4cccc(Br)n4)C3)c2)c1OC. The summed E-state index contributed by atoms with van der Waals surface area (Å²) in [5, 5.41) is 4.61. The third-order valence-electron chi connectivity index (χ3n) is 8.51. The van der Waals surface area contributed by atoms with Crippen LogP contribution in [0.25, 0.3) is 11.1 Å². The van der Waals surface area contributed by atoms with E-state index in [-0.39, 0.29) is 5.78 Å². The summed E-state index contributed by atoms with van der Waals surface area (Å²) in [6.07, 6.45) is 12.7. The number of aromatic nitrogens is 3. The van der Waals surface area contributed by atoms with Crippen molar-refractivity contribution in [2.45, 2.75) is 93.2 Å². The minimum absolute atomic E-state index is 0.136. The quantitative estimate of drug-likeness (QED) is 0.193. The van der Waals surface area contributed by atoms with Crippen molar-refractivity contribution in [2.24, 2.45) is 10.9 Å². The average Bonchev–Trinajstić information content (AvgIpc) is 3.87. The van der Waals surface area contributed by atoms with Crippen LogP contribution in [0.1, 0.15) is 91.4 Å². The molecule has 2 aliphatic heterocycles. The van der Waals surface area contributed by atoms with Crippen molar-refractivity contribution in [1.82, 2.24) is 19.7 Å². The van der Waals surface area contributed by atoms with Crippen LogP contribution < -0.4 is 4.74 Å². The summed E-state index contributed by atoms with van der Waals surface area (Å²) in [4.78, 5) is 33.2. The van der Waals surface area contributed by atoms with Gasteiger partial charge in [0.1, 0.15) is 21.8 Å². The molecule has 0 amide bonds. The first-order chi connectivity index (χ1) is 23.7. The molecular formula is C40H54BrN5O3. The van der Waals surface area contributed by atoms with Crippen LogP contribution in [-0.4, -0.2) is 63.7 Å². The molecule has 2 aromatic heterocycles. The van der Waals surface area contributed by atoms with E-state index >= 15 is 0 Å². The van der Waals surface area contributed by atoms with Crippen molar-refractivity contribution >= 4 is 33.2 Å². The molecule has 1 saturated heterocycles. The Morgan fingerprint density at radius 1 is 1.00 bits per heavy atom. The number of hydrogen-bond donors (Lipinski definition) is 0. The molecular weight excluding hydrogens is 678 g/mol. The largest absolute Gasteiger partial charge is 0.496 e. The van der Waals surface area contributed by atoms with Gasteiger partial charge in [0.2, 0.25) is 0 Å². The number of aliphatic imine (C=N–C) groups is 1. The van der Waals surface area contributed by atoms with Crippen molar-refractivity contribution < 1.29 is 14.3 Å². The fraction of sp³-hybridized carbons (Fsp3) is 0.475. The van der Waals surface area contributed by atoms with Gasteiger partial charge in [-0.1, -0.05) is 76.6 Å². The number of benzene rings is 1. The maximum absolute atomic E-state index is 11.4. The Hall–Kier alpha value is -3.69. The maximum Gasteiger partial charge on any atom is 0.180 e. The van der Waals surface area contributed by atoms with Gasteiger partial charge < -0.3 is 4.74 Å². The zero-order valence-corrected chi connectivity index (χ0v) is 32.2. The van der Waals surface area contributed by atoms with Crippen molar-refractivity contribution in [3.63, 3.8) is 0 Å². The highest BCUT2D eigenvalue weighted by Gasteiger charge is 2.29. The number of methoxy groups -OCH3 is 1. The smallest absolute Gasteiger partial charge is 0.180 e. The number of ketones is 2. The predicted molar refractivity (Wildman–Crippen MR) is 204 cm³/mol. The summed E-state index contributed by atoms with van der Waals surface area (Å²) >= 11 is 3.43. The van der Waals surface area contributed by atoms with Crippen molar-refractivity contribution in [2.75, 3.05) is 26.7 Å². The third-order valence-corrected chi connectivity index (χ3v) is 8.95. The summed E-state index contributed by atoms with van der Waals surface area (Å²) < 4.78 is 8.64. The van der Waals surface area contributed by atoms with Gasteiger partial charge in [0, 0.05) is 55.7 Å². The van der Waals surface area contributed by atoms with Gasteiger partial charge in [0.15, 0.2) is 5.78 Å². The molecule has 3 aromatic rings. The Labute approximate surface area is 301 Å². The van der Waals surface area contributed by atoms with E-state index in [1.165, 1.54) is 11.1 Å². The zero-order chi connectivity index (χ0) is 35.9. The van der Waals surface area contributed by atoms with Crippen molar-refractivity contribution in [3.05, 3.63) is 88.0 Å². The molecule has 0 radical (unpaired) electrons. The molecule has 6 rings (SSSR count). The Morgan fingerprint density at radius 2 is 1.71 bits per heavy atom. The molecule has 0 unspecified atom stereocenters. The molecule has 1 aromatic carbocycles. The van der Waals surface area contributed by atoms with E-state index < -0.39 is 0 Å².